The second kappa shape index (κ2) is 12.8. The average molecular weight is 721 g/mol. The van der Waals surface area contributed by atoms with Crippen LogP contribution < -0.4 is 5.32 Å². The van der Waals surface area contributed by atoms with Crippen molar-refractivity contribution >= 4 is 17.8 Å². The average Bonchev–Trinajstić information content (AvgIpc) is 3.71. The van der Waals surface area contributed by atoms with Crippen molar-refractivity contribution in [3.8, 4) is 0 Å². The number of carboxylic acid groups (broad SMARTS) is 1. The molecule has 7 fully saturated rings. The van der Waals surface area contributed by atoms with Gasteiger partial charge in [0.1, 0.15) is 6.10 Å². The van der Waals surface area contributed by atoms with E-state index in [1.54, 1.807) is 0 Å². The van der Waals surface area contributed by atoms with Crippen molar-refractivity contribution in [2.45, 2.75) is 158 Å². The third kappa shape index (κ3) is 5.44. The van der Waals surface area contributed by atoms with Crippen molar-refractivity contribution in [2.75, 3.05) is 19.6 Å². The lowest BCUT2D eigenvalue weighted by Crippen LogP contribution is -2.67. The van der Waals surface area contributed by atoms with Crippen LogP contribution in [0, 0.1) is 73.9 Å². The molecule has 0 radical (unpaired) electrons. The van der Waals surface area contributed by atoms with E-state index in [1.165, 1.54) is 37.7 Å². The first-order valence-electron chi connectivity index (χ1n) is 21.4. The van der Waals surface area contributed by atoms with Gasteiger partial charge in [-0.15, -0.1) is 0 Å². The van der Waals surface area contributed by atoms with Gasteiger partial charge < -0.3 is 20.1 Å². The highest BCUT2D eigenvalue weighted by Gasteiger charge is 2.72. The van der Waals surface area contributed by atoms with Crippen LogP contribution in [0.5, 0.6) is 0 Å². The van der Waals surface area contributed by atoms with Crippen LogP contribution in [0.2, 0.25) is 0 Å². The van der Waals surface area contributed by atoms with E-state index in [1.807, 2.05) is 13.8 Å². The molecule has 6 saturated carbocycles. The van der Waals surface area contributed by atoms with E-state index in [0.717, 1.165) is 64.6 Å². The minimum atomic E-state index is -0.811. The van der Waals surface area contributed by atoms with Gasteiger partial charge in [-0.1, -0.05) is 60.6 Å². The highest BCUT2D eigenvalue weighted by atomic mass is 16.5. The Morgan fingerprint density at radius 2 is 1.52 bits per heavy atom. The summed E-state index contributed by atoms with van der Waals surface area (Å²) in [6, 6.07) is 0.168. The van der Waals surface area contributed by atoms with Gasteiger partial charge in [0.05, 0.1) is 17.3 Å². The van der Waals surface area contributed by atoms with Crippen LogP contribution in [0.25, 0.3) is 0 Å². The van der Waals surface area contributed by atoms with Gasteiger partial charge in [0.2, 0.25) is 5.91 Å². The zero-order valence-corrected chi connectivity index (χ0v) is 34.2. The molecule has 0 unspecified atom stereocenters. The van der Waals surface area contributed by atoms with Crippen LogP contribution >= 0.6 is 0 Å². The quantitative estimate of drug-likeness (QED) is 0.192. The van der Waals surface area contributed by atoms with E-state index in [-0.39, 0.29) is 51.1 Å². The number of esters is 1. The molecule has 7 rings (SSSR count). The summed E-state index contributed by atoms with van der Waals surface area (Å²) in [5.74, 6) is 0.799. The third-order valence-electron chi connectivity index (χ3n) is 18.7. The number of fused-ring (bicyclic) bond motifs is 7. The number of carboxylic acids is 1. The Kier molecular flexibility index (Phi) is 9.47. The van der Waals surface area contributed by atoms with Crippen LogP contribution in [0.1, 0.15) is 146 Å². The Morgan fingerprint density at radius 1 is 0.827 bits per heavy atom. The SMILES string of the molecule is C=C(C)[C@@H]1CC[C@]2(C(=O)N[C@@H](C)CN3CCCC3)CC[C@]3(C)[C@H](CC[C@@H]4[C@@]5(C)CC[C@H](OC(=O)[C@H]6C[C@@H](C(=O)O)C6(C)C)C(C)(C)[C@@H]5CC[C@]43C)[C@@H]12. The molecule has 0 bridgehead atoms. The molecule has 292 valence electrons. The lowest BCUT2D eigenvalue weighted by atomic mass is 9.32. The molecule has 0 aromatic rings. The molecule has 7 heteroatoms. The van der Waals surface area contributed by atoms with Crippen molar-refractivity contribution in [3.63, 3.8) is 0 Å². The standard InChI is InChI=1S/C45H72N2O5/c1-27(2)29-15-20-45(39(51)46-28(3)26-47-23-11-12-24-47)22-21-43(9)30(36(29)45)13-14-34-42(8)18-17-35(41(6,7)33(42)16-19-44(34,43)10)52-38(50)32-25-31(37(48)49)40(32,4)5/h28-36H,1,11-26H2,2-10H3,(H,46,51)(H,48,49)/t28-,29-,30+,31-,32+,33-,34+,35-,36+,42-,43+,44+,45-/m0/s1. The number of likely N-dealkylation sites (tertiary alicyclic amines) is 1. The summed E-state index contributed by atoms with van der Waals surface area (Å²) < 4.78 is 6.43. The van der Waals surface area contributed by atoms with Crippen LogP contribution in [0.4, 0.5) is 0 Å². The van der Waals surface area contributed by atoms with Gasteiger partial charge in [-0.25, -0.2) is 0 Å². The fraction of sp³-hybridized carbons (Fsp3) is 0.889. The number of amides is 1. The lowest BCUT2D eigenvalue weighted by molar-refractivity contribution is -0.251. The predicted molar refractivity (Wildman–Crippen MR) is 205 cm³/mol. The van der Waals surface area contributed by atoms with Crippen molar-refractivity contribution in [3.05, 3.63) is 12.2 Å². The molecule has 2 N–H and O–H groups in total. The van der Waals surface area contributed by atoms with E-state index in [2.05, 4.69) is 65.3 Å². The maximum absolute atomic E-state index is 14.6. The van der Waals surface area contributed by atoms with Crippen molar-refractivity contribution in [2.24, 2.45) is 73.9 Å². The largest absolute Gasteiger partial charge is 0.481 e. The number of hydrogen-bond donors (Lipinski definition) is 2. The number of nitrogens with zero attached hydrogens (tertiary/aromatic N) is 1. The molecule has 1 aliphatic heterocycles. The maximum Gasteiger partial charge on any atom is 0.309 e. The molecule has 6 aliphatic carbocycles. The molecular weight excluding hydrogens is 649 g/mol. The summed E-state index contributed by atoms with van der Waals surface area (Å²) in [4.78, 5) is 42.5. The van der Waals surface area contributed by atoms with Crippen molar-refractivity contribution in [1.82, 2.24) is 10.2 Å². The number of rotatable bonds is 8. The number of ether oxygens (including phenoxy) is 1. The van der Waals surface area contributed by atoms with E-state index in [4.69, 9.17) is 4.74 Å². The number of carbonyl (C=O) groups is 3. The smallest absolute Gasteiger partial charge is 0.309 e. The van der Waals surface area contributed by atoms with Crippen LogP contribution in [0.3, 0.4) is 0 Å². The Labute approximate surface area is 315 Å². The van der Waals surface area contributed by atoms with Gasteiger partial charge in [-0.2, -0.15) is 0 Å². The van der Waals surface area contributed by atoms with Gasteiger partial charge in [0.15, 0.2) is 0 Å². The number of hydrogen-bond acceptors (Lipinski definition) is 5. The summed E-state index contributed by atoms with van der Waals surface area (Å²) in [6.07, 6.45) is 13.6. The minimum absolute atomic E-state index is 0.148. The first-order valence-corrected chi connectivity index (χ1v) is 21.4. The second-order valence-corrected chi connectivity index (χ2v) is 21.5. The zero-order valence-electron chi connectivity index (χ0n) is 34.2. The lowest BCUT2D eigenvalue weighted by Gasteiger charge is -2.73. The van der Waals surface area contributed by atoms with Crippen LogP contribution in [0.15, 0.2) is 12.2 Å². The number of aliphatic carboxylic acids is 1. The summed E-state index contributed by atoms with van der Waals surface area (Å²) >= 11 is 0. The third-order valence-corrected chi connectivity index (χ3v) is 18.7. The number of nitrogens with one attached hydrogen (secondary N) is 1. The fourth-order valence-electron chi connectivity index (χ4n) is 15.5. The normalized spacial score (nSPS) is 46.7. The summed E-state index contributed by atoms with van der Waals surface area (Å²) in [6.45, 7) is 28.7. The van der Waals surface area contributed by atoms with Crippen LogP contribution in [-0.2, 0) is 19.1 Å². The Morgan fingerprint density at radius 3 is 2.15 bits per heavy atom. The molecule has 1 heterocycles. The molecule has 52 heavy (non-hydrogen) atoms. The molecule has 1 saturated heterocycles. The fourth-order valence-corrected chi connectivity index (χ4v) is 15.5. The molecule has 1 amide bonds. The van der Waals surface area contributed by atoms with Crippen molar-refractivity contribution < 1.29 is 24.2 Å². The first kappa shape index (κ1) is 38.4. The highest BCUT2D eigenvalue weighted by molar-refractivity contribution is 5.84. The molecule has 0 spiro atoms. The topological polar surface area (TPSA) is 95.9 Å². The Hall–Kier alpha value is -1.89. The van der Waals surface area contributed by atoms with Gasteiger partial charge in [0, 0.05) is 18.0 Å². The van der Waals surface area contributed by atoms with Gasteiger partial charge in [-0.05, 0) is 162 Å². The molecule has 7 nitrogen and oxygen atoms in total. The summed E-state index contributed by atoms with van der Waals surface area (Å²) in [7, 11) is 0. The van der Waals surface area contributed by atoms with Gasteiger partial charge >= 0.3 is 11.9 Å². The molecule has 13 atom stereocenters. The predicted octanol–water partition coefficient (Wildman–Crippen LogP) is 8.90. The van der Waals surface area contributed by atoms with E-state index >= 15 is 0 Å². The Bertz CT molecular complexity index is 1460. The molecule has 0 aromatic heterocycles. The van der Waals surface area contributed by atoms with Gasteiger partial charge in [0.25, 0.3) is 0 Å². The monoisotopic (exact) mass is 721 g/mol. The molecular formula is C45H72N2O5. The first-order chi connectivity index (χ1) is 24.2. The number of allylic oxidation sites excluding steroid dienone is 1. The Balaban J connectivity index is 1.11. The molecule has 7 aliphatic rings. The maximum atomic E-state index is 14.6. The summed E-state index contributed by atoms with van der Waals surface area (Å²) in [5.41, 5.74) is 0.722. The zero-order chi connectivity index (χ0) is 37.8. The van der Waals surface area contributed by atoms with Crippen molar-refractivity contribution in [1.29, 1.82) is 0 Å². The van der Waals surface area contributed by atoms with Gasteiger partial charge in [-0.3, -0.25) is 14.4 Å². The van der Waals surface area contributed by atoms with E-state index in [9.17, 15) is 19.5 Å². The summed E-state index contributed by atoms with van der Waals surface area (Å²) in [5, 5.41) is 13.3. The minimum Gasteiger partial charge on any atom is -0.481 e. The highest BCUT2D eigenvalue weighted by Crippen LogP contribution is 2.77. The second-order valence-electron chi connectivity index (χ2n) is 21.5. The molecule has 0 aromatic carbocycles. The van der Waals surface area contributed by atoms with E-state index < -0.39 is 17.3 Å². The van der Waals surface area contributed by atoms with Crippen LogP contribution in [-0.4, -0.2) is 59.6 Å². The van der Waals surface area contributed by atoms with E-state index in [0.29, 0.717) is 41.9 Å². The number of carbonyl (C=O) groups excluding carboxylic acids is 2.